The Labute approximate surface area is 128 Å². The fraction of sp³-hybridized carbons (Fsp3) is 0.294. The smallest absolute Gasteiger partial charge is 0.387 e. The summed E-state index contributed by atoms with van der Waals surface area (Å²) in [4.78, 5) is 0. The molecule has 4 heteroatoms. The second-order valence-electron chi connectivity index (χ2n) is 5.13. The maximum atomic E-state index is 12.2. The van der Waals surface area contributed by atoms with Crippen LogP contribution in [0.1, 0.15) is 41.8 Å². The number of alkyl halides is 3. The molecule has 0 heterocycles. The van der Waals surface area contributed by atoms with Crippen molar-refractivity contribution < 1.29 is 13.5 Å². The Morgan fingerprint density at radius 2 is 1.52 bits per heavy atom. The molecule has 0 aliphatic carbocycles. The second kappa shape index (κ2) is 6.90. The minimum absolute atomic E-state index is 0.118. The summed E-state index contributed by atoms with van der Waals surface area (Å²) in [5.74, 6) is 0.572. The number of benzene rings is 2. The van der Waals surface area contributed by atoms with Crippen molar-refractivity contribution in [3.8, 4) is 5.75 Å². The molecule has 0 saturated heterocycles. The molecular weight excluding hydrogens is 294 g/mol. The van der Waals surface area contributed by atoms with Gasteiger partial charge in [-0.2, -0.15) is 8.78 Å². The first kappa shape index (κ1) is 15.8. The number of halogens is 3. The number of ether oxygens (including phenoxy) is 1. The van der Waals surface area contributed by atoms with Crippen LogP contribution in [0, 0.1) is 0 Å². The number of hydrogen-bond acceptors (Lipinski definition) is 1. The molecule has 2 aromatic rings. The van der Waals surface area contributed by atoms with Crippen LogP contribution in [-0.2, 0) is 0 Å². The molecule has 112 valence electrons. The lowest BCUT2D eigenvalue weighted by Crippen LogP contribution is -2.02. The number of rotatable bonds is 5. The van der Waals surface area contributed by atoms with Gasteiger partial charge in [0, 0.05) is 0 Å². The van der Waals surface area contributed by atoms with Crippen molar-refractivity contribution in [3.63, 3.8) is 0 Å². The molecule has 0 amide bonds. The highest BCUT2D eigenvalue weighted by atomic mass is 35.5. The molecule has 0 N–H and O–H groups in total. The van der Waals surface area contributed by atoms with Crippen molar-refractivity contribution in [2.45, 2.75) is 31.8 Å². The number of hydrogen-bond donors (Lipinski definition) is 0. The first-order chi connectivity index (χ1) is 9.97. The minimum Gasteiger partial charge on any atom is -0.435 e. The van der Waals surface area contributed by atoms with Gasteiger partial charge in [0.15, 0.2) is 0 Å². The van der Waals surface area contributed by atoms with Gasteiger partial charge >= 0.3 is 6.61 Å². The van der Waals surface area contributed by atoms with Crippen molar-refractivity contribution in [2.24, 2.45) is 0 Å². The predicted octanol–water partition coefficient (Wildman–Crippen LogP) is 5.74. The first-order valence-corrected chi connectivity index (χ1v) is 7.19. The summed E-state index contributed by atoms with van der Waals surface area (Å²) in [7, 11) is 0. The van der Waals surface area contributed by atoms with E-state index in [1.807, 2.05) is 24.3 Å². The lowest BCUT2D eigenvalue weighted by atomic mass is 9.98. The van der Waals surface area contributed by atoms with Gasteiger partial charge in [0.25, 0.3) is 0 Å². The van der Waals surface area contributed by atoms with E-state index in [1.54, 1.807) is 18.2 Å². The maximum absolute atomic E-state index is 12.2. The third-order valence-electron chi connectivity index (χ3n) is 3.27. The highest BCUT2D eigenvalue weighted by Gasteiger charge is 2.13. The predicted molar refractivity (Wildman–Crippen MR) is 81.3 cm³/mol. The summed E-state index contributed by atoms with van der Waals surface area (Å²) in [5.41, 5.74) is 2.89. The van der Waals surface area contributed by atoms with Crippen molar-refractivity contribution in [1.82, 2.24) is 0 Å². The highest BCUT2D eigenvalue weighted by Crippen LogP contribution is 2.31. The Hall–Kier alpha value is -1.61. The molecule has 2 aromatic carbocycles. The Morgan fingerprint density at radius 3 is 2.10 bits per heavy atom. The van der Waals surface area contributed by atoms with Gasteiger partial charge < -0.3 is 4.74 Å². The zero-order chi connectivity index (χ0) is 15.4. The van der Waals surface area contributed by atoms with Crippen LogP contribution in [0.5, 0.6) is 5.75 Å². The van der Waals surface area contributed by atoms with Gasteiger partial charge in [-0.05, 0) is 34.7 Å². The maximum Gasteiger partial charge on any atom is 0.387 e. The van der Waals surface area contributed by atoms with Gasteiger partial charge in [0.1, 0.15) is 5.75 Å². The van der Waals surface area contributed by atoms with Gasteiger partial charge in [-0.25, -0.2) is 0 Å². The normalized spacial score (nSPS) is 12.7. The fourth-order valence-electron chi connectivity index (χ4n) is 2.09. The lowest BCUT2D eigenvalue weighted by Gasteiger charge is -2.13. The summed E-state index contributed by atoms with van der Waals surface area (Å²) < 4.78 is 28.9. The van der Waals surface area contributed by atoms with Crippen molar-refractivity contribution in [1.29, 1.82) is 0 Å². The molecule has 0 aliphatic heterocycles. The molecule has 0 aliphatic rings. The van der Waals surface area contributed by atoms with Crippen LogP contribution >= 0.6 is 11.6 Å². The zero-order valence-electron chi connectivity index (χ0n) is 11.9. The molecule has 1 atom stereocenters. The summed E-state index contributed by atoms with van der Waals surface area (Å²) >= 11 is 6.43. The van der Waals surface area contributed by atoms with Crippen LogP contribution in [0.4, 0.5) is 8.78 Å². The van der Waals surface area contributed by atoms with Crippen molar-refractivity contribution in [2.75, 3.05) is 0 Å². The average molecular weight is 311 g/mol. The van der Waals surface area contributed by atoms with Crippen LogP contribution < -0.4 is 4.74 Å². The molecule has 0 aromatic heterocycles. The second-order valence-corrected chi connectivity index (χ2v) is 5.57. The first-order valence-electron chi connectivity index (χ1n) is 6.76. The Morgan fingerprint density at radius 1 is 0.905 bits per heavy atom. The minimum atomic E-state index is -2.83. The van der Waals surface area contributed by atoms with E-state index in [0.717, 1.165) is 11.1 Å². The average Bonchev–Trinajstić information content (AvgIpc) is 2.46. The molecule has 0 spiro atoms. The molecule has 1 unspecified atom stereocenters. The Balaban J connectivity index is 2.20. The van der Waals surface area contributed by atoms with Crippen LogP contribution in [0.3, 0.4) is 0 Å². The van der Waals surface area contributed by atoms with Crippen LogP contribution in [0.15, 0.2) is 48.5 Å². The monoisotopic (exact) mass is 310 g/mol. The van der Waals surface area contributed by atoms with Gasteiger partial charge in [-0.1, -0.05) is 50.2 Å². The van der Waals surface area contributed by atoms with Gasteiger partial charge in [-0.15, -0.1) is 11.6 Å². The molecule has 1 nitrogen and oxygen atoms in total. The van der Waals surface area contributed by atoms with E-state index in [4.69, 9.17) is 11.6 Å². The summed E-state index contributed by atoms with van der Waals surface area (Å²) in [6.07, 6.45) is 0. The molecule has 0 saturated carbocycles. The molecule has 0 fully saturated rings. The molecule has 0 radical (unpaired) electrons. The SMILES string of the molecule is CC(C)c1ccc(C(Cl)c2cccc(OC(F)F)c2)cc1. The standard InChI is InChI=1S/C17H17ClF2O/c1-11(2)12-6-8-13(9-7-12)16(18)14-4-3-5-15(10-14)21-17(19)20/h3-11,16-17H,1-2H3. The van der Waals surface area contributed by atoms with Crippen molar-refractivity contribution in [3.05, 3.63) is 65.2 Å². The molecule has 0 bridgehead atoms. The van der Waals surface area contributed by atoms with Gasteiger partial charge in [0.05, 0.1) is 5.38 Å². The Bertz CT molecular complexity index is 582. The van der Waals surface area contributed by atoms with Gasteiger partial charge in [0.2, 0.25) is 0 Å². The van der Waals surface area contributed by atoms with Crippen LogP contribution in [0.25, 0.3) is 0 Å². The fourth-order valence-corrected chi connectivity index (χ4v) is 2.37. The van der Waals surface area contributed by atoms with E-state index in [0.29, 0.717) is 5.92 Å². The van der Waals surface area contributed by atoms with E-state index in [1.165, 1.54) is 11.6 Å². The van der Waals surface area contributed by atoms with Gasteiger partial charge in [-0.3, -0.25) is 0 Å². The molecule has 2 rings (SSSR count). The molecular formula is C17H17ClF2O. The summed E-state index contributed by atoms with van der Waals surface area (Å²) in [6, 6.07) is 14.5. The van der Waals surface area contributed by atoms with E-state index < -0.39 is 12.0 Å². The quantitative estimate of drug-likeness (QED) is 0.640. The largest absolute Gasteiger partial charge is 0.435 e. The highest BCUT2D eigenvalue weighted by molar-refractivity contribution is 6.22. The third kappa shape index (κ3) is 4.18. The Kier molecular flexibility index (Phi) is 5.18. The van der Waals surface area contributed by atoms with Crippen LogP contribution in [-0.4, -0.2) is 6.61 Å². The molecule has 21 heavy (non-hydrogen) atoms. The lowest BCUT2D eigenvalue weighted by molar-refractivity contribution is -0.0498. The topological polar surface area (TPSA) is 9.23 Å². The third-order valence-corrected chi connectivity index (χ3v) is 3.78. The van der Waals surface area contributed by atoms with E-state index in [2.05, 4.69) is 18.6 Å². The van der Waals surface area contributed by atoms with E-state index >= 15 is 0 Å². The van der Waals surface area contributed by atoms with E-state index in [9.17, 15) is 8.78 Å². The summed E-state index contributed by atoms with van der Waals surface area (Å²) in [6.45, 7) is 1.41. The summed E-state index contributed by atoms with van der Waals surface area (Å²) in [5, 5.41) is -0.396. The van der Waals surface area contributed by atoms with Crippen LogP contribution in [0.2, 0.25) is 0 Å². The van der Waals surface area contributed by atoms with Crippen molar-refractivity contribution >= 4 is 11.6 Å². The van der Waals surface area contributed by atoms with E-state index in [-0.39, 0.29) is 5.75 Å². The zero-order valence-corrected chi connectivity index (χ0v) is 12.6.